The molecule has 0 spiro atoms. The Morgan fingerprint density at radius 3 is 2.63 bits per heavy atom. The average molecular weight is 446 g/mol. The molecule has 1 N–H and O–H groups in total. The number of nitrogens with zero attached hydrogens (tertiary/aromatic N) is 4. The molecule has 1 heterocycles. The van der Waals surface area contributed by atoms with E-state index in [0.717, 1.165) is 11.3 Å². The quantitative estimate of drug-likeness (QED) is 0.401. The van der Waals surface area contributed by atoms with E-state index in [1.807, 2.05) is 47.8 Å². The van der Waals surface area contributed by atoms with Crippen LogP contribution in [0.2, 0.25) is 5.02 Å². The Morgan fingerprint density at radius 1 is 1.27 bits per heavy atom. The van der Waals surface area contributed by atoms with Gasteiger partial charge in [0.05, 0.1) is 10.8 Å². The number of benzene rings is 2. The van der Waals surface area contributed by atoms with Gasteiger partial charge in [-0.1, -0.05) is 29.4 Å². The lowest BCUT2D eigenvalue weighted by atomic mass is 10.2. The van der Waals surface area contributed by atoms with E-state index in [9.17, 15) is 9.18 Å². The maximum atomic E-state index is 13.2. The topological polar surface area (TPSA) is 63.1 Å². The summed E-state index contributed by atoms with van der Waals surface area (Å²) in [6.45, 7) is 4.31. The molecule has 9 heteroatoms. The summed E-state index contributed by atoms with van der Waals surface area (Å²) in [5.41, 5.74) is 2.44. The van der Waals surface area contributed by atoms with Crippen LogP contribution in [-0.4, -0.2) is 40.5 Å². The molecule has 30 heavy (non-hydrogen) atoms. The second kappa shape index (κ2) is 9.77. The molecule has 0 aliphatic carbocycles. The van der Waals surface area contributed by atoms with E-state index < -0.39 is 5.82 Å². The third-order valence-corrected chi connectivity index (χ3v) is 5.46. The van der Waals surface area contributed by atoms with E-state index in [1.54, 1.807) is 6.08 Å². The number of aromatic nitrogens is 3. The summed E-state index contributed by atoms with van der Waals surface area (Å²) < 4.78 is 15.2. The minimum absolute atomic E-state index is 0.0453. The van der Waals surface area contributed by atoms with Crippen LogP contribution in [0.3, 0.4) is 0 Å². The van der Waals surface area contributed by atoms with Crippen LogP contribution in [0.1, 0.15) is 0 Å². The maximum Gasteiger partial charge on any atom is 0.234 e. The number of nitrogens with one attached hydrogen (secondary N) is 1. The van der Waals surface area contributed by atoms with Gasteiger partial charge in [-0.25, -0.2) is 4.39 Å². The normalized spacial score (nSPS) is 10.7. The van der Waals surface area contributed by atoms with Gasteiger partial charge in [-0.15, -0.1) is 16.8 Å². The number of halogens is 2. The number of thioether (sulfide) groups is 1. The van der Waals surface area contributed by atoms with Crippen molar-refractivity contribution < 1.29 is 9.18 Å². The van der Waals surface area contributed by atoms with Gasteiger partial charge in [0.1, 0.15) is 5.82 Å². The Balaban J connectivity index is 1.72. The molecule has 0 unspecified atom stereocenters. The fourth-order valence-electron chi connectivity index (χ4n) is 2.71. The van der Waals surface area contributed by atoms with Crippen molar-refractivity contribution in [2.24, 2.45) is 0 Å². The summed E-state index contributed by atoms with van der Waals surface area (Å²) in [5, 5.41) is 11.8. The number of anilines is 2. The molecule has 0 aliphatic rings. The van der Waals surface area contributed by atoms with Crippen LogP contribution >= 0.6 is 23.4 Å². The Kier molecular flexibility index (Phi) is 7.12. The van der Waals surface area contributed by atoms with Gasteiger partial charge in [-0.05, 0) is 42.5 Å². The molecule has 1 aromatic heterocycles. The Hall–Kier alpha value is -2.84. The number of hydrogen-bond acceptors (Lipinski definition) is 5. The highest BCUT2D eigenvalue weighted by Crippen LogP contribution is 2.26. The highest BCUT2D eigenvalue weighted by molar-refractivity contribution is 7.99. The third kappa shape index (κ3) is 5.20. The molecule has 2 aromatic carbocycles. The van der Waals surface area contributed by atoms with Crippen LogP contribution in [0.25, 0.3) is 11.4 Å². The Morgan fingerprint density at radius 2 is 2.00 bits per heavy atom. The van der Waals surface area contributed by atoms with E-state index >= 15 is 0 Å². The molecule has 0 bridgehead atoms. The van der Waals surface area contributed by atoms with Gasteiger partial charge in [0.15, 0.2) is 11.0 Å². The van der Waals surface area contributed by atoms with Crippen molar-refractivity contribution in [2.75, 3.05) is 30.1 Å². The van der Waals surface area contributed by atoms with Crippen molar-refractivity contribution in [1.29, 1.82) is 0 Å². The number of carbonyl (C=O) groups excluding carboxylic acids is 1. The molecule has 3 aromatic rings. The molecule has 0 fully saturated rings. The van der Waals surface area contributed by atoms with Crippen molar-refractivity contribution in [1.82, 2.24) is 14.8 Å². The maximum absolute atomic E-state index is 13.2. The van der Waals surface area contributed by atoms with Gasteiger partial charge in [-0.3, -0.25) is 9.36 Å². The Bertz CT molecular complexity index is 1050. The van der Waals surface area contributed by atoms with E-state index in [-0.39, 0.29) is 16.7 Å². The van der Waals surface area contributed by atoms with E-state index in [0.29, 0.717) is 23.2 Å². The van der Waals surface area contributed by atoms with Crippen LogP contribution in [0, 0.1) is 5.82 Å². The molecule has 1 amide bonds. The van der Waals surface area contributed by atoms with Crippen LogP contribution in [0.5, 0.6) is 0 Å². The molecule has 0 atom stereocenters. The molecule has 0 aliphatic heterocycles. The van der Waals surface area contributed by atoms with Crippen LogP contribution < -0.4 is 10.2 Å². The first-order valence-corrected chi connectivity index (χ1v) is 10.4. The Labute approximate surface area is 183 Å². The first kappa shape index (κ1) is 21.9. The average Bonchev–Trinajstić information content (AvgIpc) is 3.12. The number of amides is 1. The second-order valence-electron chi connectivity index (χ2n) is 6.61. The van der Waals surface area contributed by atoms with Crippen LogP contribution in [-0.2, 0) is 11.3 Å². The SMILES string of the molecule is C=CCn1c(SCC(=O)Nc2ccc(F)c(Cl)c2)nnc1-c1ccc(N(C)C)cc1. The predicted octanol–water partition coefficient (Wildman–Crippen LogP) is 4.72. The summed E-state index contributed by atoms with van der Waals surface area (Å²) in [4.78, 5) is 14.3. The molecular weight excluding hydrogens is 425 g/mol. The predicted molar refractivity (Wildman–Crippen MR) is 121 cm³/mol. The van der Waals surface area contributed by atoms with Crippen molar-refractivity contribution in [3.63, 3.8) is 0 Å². The lowest BCUT2D eigenvalue weighted by Crippen LogP contribution is -2.14. The first-order valence-electron chi connectivity index (χ1n) is 9.08. The van der Waals surface area contributed by atoms with Crippen molar-refractivity contribution in [3.8, 4) is 11.4 Å². The second-order valence-corrected chi connectivity index (χ2v) is 7.96. The largest absolute Gasteiger partial charge is 0.378 e. The number of rotatable bonds is 8. The van der Waals surface area contributed by atoms with Gasteiger partial charge in [0, 0.05) is 37.6 Å². The standard InChI is InChI=1S/C21H21ClFN5OS/c1-4-11-28-20(14-5-8-16(9-6-14)27(2)3)25-26-21(28)30-13-19(29)24-15-7-10-18(23)17(22)12-15/h4-10,12H,1,11,13H2,2-3H3,(H,24,29). The zero-order valence-corrected chi connectivity index (χ0v) is 18.2. The molecule has 156 valence electrons. The number of allylic oxidation sites excluding steroid dienone is 1. The summed E-state index contributed by atoms with van der Waals surface area (Å²) in [6.07, 6.45) is 1.76. The fourth-order valence-corrected chi connectivity index (χ4v) is 3.64. The van der Waals surface area contributed by atoms with Gasteiger partial charge in [-0.2, -0.15) is 0 Å². The molecule has 0 saturated carbocycles. The number of carbonyl (C=O) groups is 1. The minimum atomic E-state index is -0.535. The molecule has 3 rings (SSSR count). The lowest BCUT2D eigenvalue weighted by molar-refractivity contribution is -0.113. The van der Waals surface area contributed by atoms with Gasteiger partial charge < -0.3 is 10.2 Å². The summed E-state index contributed by atoms with van der Waals surface area (Å²) >= 11 is 7.01. The van der Waals surface area contributed by atoms with Crippen molar-refractivity contribution in [2.45, 2.75) is 11.7 Å². The van der Waals surface area contributed by atoms with Crippen LogP contribution in [0.4, 0.5) is 15.8 Å². The van der Waals surface area contributed by atoms with E-state index in [1.165, 1.54) is 30.0 Å². The molecular formula is C21H21ClFN5OS. The zero-order valence-electron chi connectivity index (χ0n) is 16.6. The van der Waals surface area contributed by atoms with Crippen molar-refractivity contribution >= 4 is 40.6 Å². The molecule has 0 radical (unpaired) electrons. The summed E-state index contributed by atoms with van der Waals surface area (Å²) in [5.74, 6) is 0.0259. The van der Waals surface area contributed by atoms with E-state index in [4.69, 9.17) is 11.6 Å². The first-order chi connectivity index (χ1) is 14.4. The fraction of sp³-hybridized carbons (Fsp3) is 0.190. The van der Waals surface area contributed by atoms with Crippen LogP contribution in [0.15, 0.2) is 60.3 Å². The third-order valence-electron chi connectivity index (χ3n) is 4.21. The molecule has 0 saturated heterocycles. The van der Waals surface area contributed by atoms with Gasteiger partial charge in [0.2, 0.25) is 5.91 Å². The highest BCUT2D eigenvalue weighted by atomic mass is 35.5. The van der Waals surface area contributed by atoms with Crippen molar-refractivity contribution in [3.05, 3.63) is 66.0 Å². The summed E-state index contributed by atoms with van der Waals surface area (Å²) in [7, 11) is 3.96. The zero-order chi connectivity index (χ0) is 21.7. The lowest BCUT2D eigenvalue weighted by Gasteiger charge is -2.13. The van der Waals surface area contributed by atoms with Gasteiger partial charge in [0.25, 0.3) is 0 Å². The minimum Gasteiger partial charge on any atom is -0.378 e. The highest BCUT2D eigenvalue weighted by Gasteiger charge is 2.15. The monoisotopic (exact) mass is 445 g/mol. The van der Waals surface area contributed by atoms with E-state index in [2.05, 4.69) is 22.1 Å². The molecule has 6 nitrogen and oxygen atoms in total. The summed E-state index contributed by atoms with van der Waals surface area (Å²) in [6, 6.07) is 12.0. The van der Waals surface area contributed by atoms with Gasteiger partial charge >= 0.3 is 0 Å². The smallest absolute Gasteiger partial charge is 0.234 e. The number of hydrogen-bond donors (Lipinski definition) is 1.